The summed E-state index contributed by atoms with van der Waals surface area (Å²) in [6, 6.07) is 6.48. The third kappa shape index (κ3) is 5.64. The van der Waals surface area contributed by atoms with E-state index in [1.807, 2.05) is 17.2 Å². The van der Waals surface area contributed by atoms with Crippen molar-refractivity contribution in [2.75, 3.05) is 13.1 Å². The van der Waals surface area contributed by atoms with Crippen molar-refractivity contribution in [1.82, 2.24) is 9.88 Å². The Morgan fingerprint density at radius 2 is 2.08 bits per heavy atom. The van der Waals surface area contributed by atoms with Crippen LogP contribution in [0, 0.1) is 11.7 Å². The average Bonchev–Trinajstić information content (AvgIpc) is 3.05. The minimum atomic E-state index is -0.248. The van der Waals surface area contributed by atoms with E-state index in [4.69, 9.17) is 5.73 Å². The molecule has 26 heavy (non-hydrogen) atoms. The van der Waals surface area contributed by atoms with Gasteiger partial charge in [0.1, 0.15) is 11.5 Å². The van der Waals surface area contributed by atoms with Gasteiger partial charge in [0.2, 0.25) is 0 Å². The molecule has 0 saturated carbocycles. The summed E-state index contributed by atoms with van der Waals surface area (Å²) in [5, 5.41) is 2.68. The topological polar surface area (TPSA) is 59.2 Å². The Hall–Kier alpha value is -1.21. The van der Waals surface area contributed by atoms with Gasteiger partial charge in [-0.15, -0.1) is 36.2 Å². The summed E-state index contributed by atoms with van der Waals surface area (Å²) in [7, 11) is 0. The predicted octanol–water partition coefficient (Wildman–Crippen LogP) is 3.92. The molecular weight excluding hydrogens is 396 g/mol. The molecule has 2 unspecified atom stereocenters. The summed E-state index contributed by atoms with van der Waals surface area (Å²) in [5.41, 5.74) is 7.48. The molecule has 1 aromatic heterocycles. The van der Waals surface area contributed by atoms with Crippen LogP contribution in [0.4, 0.5) is 4.39 Å². The van der Waals surface area contributed by atoms with Crippen molar-refractivity contribution in [2.24, 2.45) is 11.7 Å². The zero-order valence-corrected chi connectivity index (χ0v) is 17.0. The van der Waals surface area contributed by atoms with E-state index < -0.39 is 0 Å². The molecule has 1 amide bonds. The second-order valence-electron chi connectivity index (χ2n) is 6.44. The minimum absolute atomic E-state index is 0. The molecule has 4 nitrogen and oxygen atoms in total. The predicted molar refractivity (Wildman–Crippen MR) is 108 cm³/mol. The van der Waals surface area contributed by atoms with E-state index in [2.05, 4.69) is 4.98 Å². The molecule has 2 N–H and O–H groups in total. The Labute approximate surface area is 169 Å². The largest absolute Gasteiger partial charge is 0.337 e. The monoisotopic (exact) mass is 419 g/mol. The number of nitrogens with two attached hydrogens (primary N) is 1. The van der Waals surface area contributed by atoms with Gasteiger partial charge in [-0.2, -0.15) is 0 Å². The first kappa shape index (κ1) is 22.8. The zero-order valence-electron chi connectivity index (χ0n) is 14.6. The molecule has 1 saturated heterocycles. The first-order chi connectivity index (χ1) is 11.5. The second-order valence-corrected chi connectivity index (χ2v) is 7.38. The van der Waals surface area contributed by atoms with E-state index in [-0.39, 0.29) is 42.6 Å². The van der Waals surface area contributed by atoms with E-state index in [1.165, 1.54) is 23.5 Å². The second kappa shape index (κ2) is 10.2. The number of hydrogen-bond donors (Lipinski definition) is 1. The molecule has 1 fully saturated rings. The fourth-order valence-corrected chi connectivity index (χ4v) is 3.86. The Bertz CT molecular complexity index is 709. The lowest BCUT2D eigenvalue weighted by Crippen LogP contribution is -2.45. The van der Waals surface area contributed by atoms with Crippen LogP contribution in [0.15, 0.2) is 29.6 Å². The summed E-state index contributed by atoms with van der Waals surface area (Å²) in [4.78, 5) is 19.0. The van der Waals surface area contributed by atoms with E-state index in [0.29, 0.717) is 24.6 Å². The van der Waals surface area contributed by atoms with Crippen LogP contribution in [0.5, 0.6) is 0 Å². The molecule has 1 aliphatic rings. The fraction of sp³-hybridized carbons (Fsp3) is 0.444. The molecule has 0 radical (unpaired) electrons. The summed E-state index contributed by atoms with van der Waals surface area (Å²) in [5.74, 6) is 0.101. The summed E-state index contributed by atoms with van der Waals surface area (Å²) < 4.78 is 13.0. The number of benzene rings is 1. The van der Waals surface area contributed by atoms with Gasteiger partial charge in [-0.25, -0.2) is 9.37 Å². The number of carbonyl (C=O) groups excluding carboxylic acids is 1. The maximum Gasteiger partial charge on any atom is 0.273 e. The van der Waals surface area contributed by atoms with Crippen LogP contribution in [0.1, 0.15) is 40.8 Å². The number of likely N-dealkylation sites (tertiary alicyclic amines) is 1. The van der Waals surface area contributed by atoms with Crippen LogP contribution >= 0.6 is 36.2 Å². The van der Waals surface area contributed by atoms with Gasteiger partial charge in [-0.3, -0.25) is 4.79 Å². The average molecular weight is 420 g/mol. The molecule has 0 aliphatic carbocycles. The third-order valence-electron chi connectivity index (χ3n) is 4.53. The summed E-state index contributed by atoms with van der Waals surface area (Å²) >= 11 is 1.47. The van der Waals surface area contributed by atoms with Crippen molar-refractivity contribution < 1.29 is 9.18 Å². The number of amides is 1. The molecule has 8 heteroatoms. The normalized spacial score (nSPS) is 17.8. The molecule has 1 aromatic carbocycles. The van der Waals surface area contributed by atoms with Crippen LogP contribution in [0.2, 0.25) is 0 Å². The van der Waals surface area contributed by atoms with Gasteiger partial charge in [0.25, 0.3) is 5.91 Å². The van der Waals surface area contributed by atoms with Crippen LogP contribution in [0.25, 0.3) is 0 Å². The number of aromatic nitrogens is 1. The lowest BCUT2D eigenvalue weighted by molar-refractivity contribution is 0.0655. The number of piperidine rings is 1. The van der Waals surface area contributed by atoms with E-state index in [0.717, 1.165) is 30.0 Å². The molecule has 144 valence electrons. The van der Waals surface area contributed by atoms with Crippen molar-refractivity contribution in [3.63, 3.8) is 0 Å². The number of hydrogen-bond acceptors (Lipinski definition) is 4. The van der Waals surface area contributed by atoms with Gasteiger partial charge in [0, 0.05) is 30.9 Å². The van der Waals surface area contributed by atoms with Crippen molar-refractivity contribution >= 4 is 42.1 Å². The fourth-order valence-electron chi connectivity index (χ4n) is 3.05. The number of thiazole rings is 1. The Morgan fingerprint density at radius 3 is 2.73 bits per heavy atom. The molecule has 3 rings (SSSR count). The first-order valence-electron chi connectivity index (χ1n) is 8.26. The Kier molecular flexibility index (Phi) is 8.96. The highest BCUT2D eigenvalue weighted by Crippen LogP contribution is 2.22. The summed E-state index contributed by atoms with van der Waals surface area (Å²) in [6.45, 7) is 3.48. The van der Waals surface area contributed by atoms with Gasteiger partial charge in [0.15, 0.2) is 0 Å². The standard InChI is InChI=1S/C18H22FN3OS.2ClH/c1-12(20)14-3-2-8-22(10-14)18(23)16-11-24-17(21-16)9-13-4-6-15(19)7-5-13;;/h4-7,11-12,14H,2-3,8-10,20H2,1H3;2*1H. The lowest BCUT2D eigenvalue weighted by atomic mass is 9.92. The Balaban J connectivity index is 0.00000169. The molecular formula is C18H24Cl2FN3OS. The SMILES string of the molecule is CC(N)C1CCCN(C(=O)c2csc(Cc3ccc(F)cc3)n2)C1.Cl.Cl. The van der Waals surface area contributed by atoms with E-state index in [1.54, 1.807) is 12.1 Å². The van der Waals surface area contributed by atoms with Gasteiger partial charge >= 0.3 is 0 Å². The number of carbonyl (C=O) groups is 1. The lowest BCUT2D eigenvalue weighted by Gasteiger charge is -2.34. The molecule has 0 spiro atoms. The highest BCUT2D eigenvalue weighted by atomic mass is 35.5. The highest BCUT2D eigenvalue weighted by molar-refractivity contribution is 7.09. The maximum absolute atomic E-state index is 13.0. The van der Waals surface area contributed by atoms with Gasteiger partial charge in [-0.1, -0.05) is 12.1 Å². The molecule has 0 bridgehead atoms. The summed E-state index contributed by atoms with van der Waals surface area (Å²) in [6.07, 6.45) is 2.68. The van der Waals surface area contributed by atoms with Gasteiger partial charge in [0.05, 0.1) is 5.01 Å². The van der Waals surface area contributed by atoms with Crippen LogP contribution in [0.3, 0.4) is 0 Å². The number of nitrogens with zero attached hydrogens (tertiary/aromatic N) is 2. The van der Waals surface area contributed by atoms with Crippen LogP contribution in [-0.2, 0) is 6.42 Å². The quantitative estimate of drug-likeness (QED) is 0.816. The van der Waals surface area contributed by atoms with Gasteiger partial charge in [-0.05, 0) is 43.4 Å². The highest BCUT2D eigenvalue weighted by Gasteiger charge is 2.27. The Morgan fingerprint density at radius 1 is 1.38 bits per heavy atom. The molecule has 2 atom stereocenters. The number of rotatable bonds is 4. The smallest absolute Gasteiger partial charge is 0.273 e. The van der Waals surface area contributed by atoms with Gasteiger partial charge < -0.3 is 10.6 Å². The first-order valence-corrected chi connectivity index (χ1v) is 9.14. The van der Waals surface area contributed by atoms with E-state index in [9.17, 15) is 9.18 Å². The molecule has 1 aliphatic heterocycles. The molecule has 2 heterocycles. The van der Waals surface area contributed by atoms with Crippen molar-refractivity contribution in [3.05, 3.63) is 51.7 Å². The van der Waals surface area contributed by atoms with Crippen molar-refractivity contribution in [2.45, 2.75) is 32.2 Å². The van der Waals surface area contributed by atoms with Crippen molar-refractivity contribution in [3.8, 4) is 0 Å². The van der Waals surface area contributed by atoms with E-state index >= 15 is 0 Å². The van der Waals surface area contributed by atoms with Crippen LogP contribution < -0.4 is 5.73 Å². The number of halogens is 3. The molecule has 2 aromatic rings. The minimum Gasteiger partial charge on any atom is -0.337 e. The van der Waals surface area contributed by atoms with Crippen LogP contribution in [-0.4, -0.2) is 34.9 Å². The van der Waals surface area contributed by atoms with Crippen molar-refractivity contribution in [1.29, 1.82) is 0 Å². The zero-order chi connectivity index (χ0) is 17.1. The maximum atomic E-state index is 13.0. The third-order valence-corrected chi connectivity index (χ3v) is 5.38.